The molecule has 0 unspecified atom stereocenters. The maximum Gasteiger partial charge on any atom is 0.289 e. The Bertz CT molecular complexity index is 1170. The summed E-state index contributed by atoms with van der Waals surface area (Å²) in [6.45, 7) is 2.77. The molecule has 2 aromatic rings. The van der Waals surface area contributed by atoms with Gasteiger partial charge in [-0.3, -0.25) is 14.4 Å². The normalized spacial score (nSPS) is 25.2. The molecule has 0 spiro atoms. The molecular weight excluding hydrogens is 507 g/mol. The van der Waals surface area contributed by atoms with E-state index in [1.165, 1.54) is 6.20 Å². The van der Waals surface area contributed by atoms with Crippen molar-refractivity contribution in [2.75, 3.05) is 19.7 Å². The second-order valence-corrected chi connectivity index (χ2v) is 10.8. The summed E-state index contributed by atoms with van der Waals surface area (Å²) in [5.41, 5.74) is -0.343. The Labute approximate surface area is 218 Å². The van der Waals surface area contributed by atoms with Gasteiger partial charge in [-0.1, -0.05) is 23.2 Å². The highest BCUT2D eigenvalue weighted by Crippen LogP contribution is 2.52. The molecule has 3 amide bonds. The van der Waals surface area contributed by atoms with Crippen molar-refractivity contribution < 1.29 is 23.5 Å². The third kappa shape index (κ3) is 5.18. The van der Waals surface area contributed by atoms with E-state index < -0.39 is 0 Å². The van der Waals surface area contributed by atoms with Gasteiger partial charge in [0, 0.05) is 43.6 Å². The van der Waals surface area contributed by atoms with Gasteiger partial charge in [0.1, 0.15) is 5.75 Å². The minimum absolute atomic E-state index is 0.0213. The number of hydrogen-bond donors (Lipinski definition) is 2. The molecule has 2 heterocycles. The summed E-state index contributed by atoms with van der Waals surface area (Å²) in [6.07, 6.45) is 5.28. The van der Waals surface area contributed by atoms with Crippen molar-refractivity contribution in [3.8, 4) is 5.75 Å². The Hall–Kier alpha value is -2.78. The molecule has 192 valence electrons. The highest BCUT2D eigenvalue weighted by Gasteiger charge is 2.57. The molecular formula is C25H28Cl2N4O5. The van der Waals surface area contributed by atoms with Gasteiger partial charge in [0.25, 0.3) is 11.8 Å². The molecule has 1 saturated heterocycles. The van der Waals surface area contributed by atoms with Crippen LogP contribution in [0.1, 0.15) is 61.4 Å². The molecule has 0 radical (unpaired) electrons. The number of amides is 3. The fraction of sp³-hybridized carbons (Fsp3) is 0.520. The molecule has 1 atom stereocenters. The summed E-state index contributed by atoms with van der Waals surface area (Å²) in [7, 11) is 0. The fourth-order valence-electron chi connectivity index (χ4n) is 5.59. The average molecular weight is 535 g/mol. The van der Waals surface area contributed by atoms with E-state index in [2.05, 4.69) is 15.6 Å². The van der Waals surface area contributed by atoms with Crippen LogP contribution < -0.4 is 15.4 Å². The predicted molar refractivity (Wildman–Crippen MR) is 132 cm³/mol. The molecule has 1 aromatic heterocycles. The number of aromatic nitrogens is 1. The highest BCUT2D eigenvalue weighted by molar-refractivity contribution is 6.42. The molecule has 1 aliphatic heterocycles. The zero-order chi connectivity index (χ0) is 25.4. The smallest absolute Gasteiger partial charge is 0.289 e. The van der Waals surface area contributed by atoms with Crippen LogP contribution in [0.4, 0.5) is 0 Å². The second kappa shape index (κ2) is 9.94. The van der Waals surface area contributed by atoms with Crippen molar-refractivity contribution >= 4 is 40.9 Å². The quantitative estimate of drug-likeness (QED) is 0.561. The molecule has 6 rings (SSSR count). The number of rotatable bonds is 7. The van der Waals surface area contributed by atoms with Gasteiger partial charge in [-0.15, -0.1) is 0 Å². The summed E-state index contributed by atoms with van der Waals surface area (Å²) < 4.78 is 11.3. The third-order valence-corrected chi connectivity index (χ3v) is 8.25. The van der Waals surface area contributed by atoms with Crippen molar-refractivity contribution in [3.63, 3.8) is 0 Å². The monoisotopic (exact) mass is 534 g/mol. The maximum absolute atomic E-state index is 12.9. The standard InChI is InChI=1S/C25H28Cl2N4O5/c1-14(32)31-6-4-15(5-7-31)24-28-12-21(36-24)23(34)30-25-9-16(10-25)20(11-25)29-22(33)13-35-17-2-3-18(26)19(27)8-17/h2-3,8,12,15-16,20H,4-7,9-11,13H2,1H3,(H,29,33)(H,30,34)/t16?,20-,25?/m0/s1. The van der Waals surface area contributed by atoms with Crippen molar-refractivity contribution in [2.45, 2.75) is 56.5 Å². The zero-order valence-electron chi connectivity index (χ0n) is 19.9. The van der Waals surface area contributed by atoms with Crippen LogP contribution in [0.15, 0.2) is 28.8 Å². The van der Waals surface area contributed by atoms with Gasteiger partial charge >= 0.3 is 0 Å². The van der Waals surface area contributed by atoms with Crippen LogP contribution >= 0.6 is 23.2 Å². The largest absolute Gasteiger partial charge is 0.484 e. The van der Waals surface area contributed by atoms with Crippen molar-refractivity contribution in [1.29, 1.82) is 0 Å². The molecule has 11 heteroatoms. The van der Waals surface area contributed by atoms with E-state index in [-0.39, 0.29) is 47.6 Å². The Balaban J connectivity index is 1.09. The van der Waals surface area contributed by atoms with E-state index in [0.29, 0.717) is 47.1 Å². The number of carbonyl (C=O) groups is 3. The van der Waals surface area contributed by atoms with E-state index in [0.717, 1.165) is 25.7 Å². The van der Waals surface area contributed by atoms with E-state index in [1.807, 2.05) is 4.90 Å². The van der Waals surface area contributed by atoms with Gasteiger partial charge in [-0.25, -0.2) is 4.98 Å². The highest BCUT2D eigenvalue weighted by atomic mass is 35.5. The SMILES string of the molecule is CC(=O)N1CCC(c2ncc(C(=O)NC34CC(C3)[C@@H](NC(=O)COc3ccc(Cl)c(Cl)c3)C4)o2)CC1. The Kier molecular flexibility index (Phi) is 6.87. The first kappa shape index (κ1) is 24.9. The molecule has 9 nitrogen and oxygen atoms in total. The van der Waals surface area contributed by atoms with Gasteiger partial charge in [0.15, 0.2) is 12.5 Å². The van der Waals surface area contributed by atoms with E-state index in [1.54, 1.807) is 25.1 Å². The van der Waals surface area contributed by atoms with Crippen LogP contribution in [0.3, 0.4) is 0 Å². The molecule has 36 heavy (non-hydrogen) atoms. The number of nitrogens with zero attached hydrogens (tertiary/aromatic N) is 2. The number of hydrogen-bond acceptors (Lipinski definition) is 6. The number of piperidine rings is 1. The first-order valence-corrected chi connectivity index (χ1v) is 12.9. The van der Waals surface area contributed by atoms with Crippen LogP contribution in [0.5, 0.6) is 5.75 Å². The van der Waals surface area contributed by atoms with E-state index >= 15 is 0 Å². The summed E-state index contributed by atoms with van der Waals surface area (Å²) in [6, 6.07) is 4.82. The lowest BCUT2D eigenvalue weighted by Crippen LogP contribution is -2.51. The average Bonchev–Trinajstić information content (AvgIpc) is 3.53. The lowest BCUT2D eigenvalue weighted by molar-refractivity contribution is -0.130. The summed E-state index contributed by atoms with van der Waals surface area (Å²) in [5, 5.41) is 6.92. The molecule has 4 aliphatic rings. The van der Waals surface area contributed by atoms with Gasteiger partial charge in [0.05, 0.1) is 16.2 Å². The predicted octanol–water partition coefficient (Wildman–Crippen LogP) is 3.55. The first-order chi connectivity index (χ1) is 17.2. The molecule has 3 aliphatic carbocycles. The Morgan fingerprint density at radius 1 is 1.17 bits per heavy atom. The van der Waals surface area contributed by atoms with Crippen LogP contribution in [0.25, 0.3) is 0 Å². The second-order valence-electron chi connectivity index (χ2n) is 9.99. The van der Waals surface area contributed by atoms with E-state index in [9.17, 15) is 14.4 Å². The van der Waals surface area contributed by atoms with Crippen molar-refractivity contribution in [3.05, 3.63) is 46.1 Å². The molecule has 1 aromatic carbocycles. The van der Waals surface area contributed by atoms with Crippen molar-refractivity contribution in [2.24, 2.45) is 5.92 Å². The van der Waals surface area contributed by atoms with Gasteiger partial charge in [0.2, 0.25) is 11.7 Å². The maximum atomic E-state index is 12.9. The van der Waals surface area contributed by atoms with Gasteiger partial charge in [-0.2, -0.15) is 0 Å². The minimum Gasteiger partial charge on any atom is -0.484 e. The number of benzene rings is 1. The van der Waals surface area contributed by atoms with Crippen LogP contribution in [-0.2, 0) is 9.59 Å². The van der Waals surface area contributed by atoms with E-state index in [4.69, 9.17) is 32.4 Å². The summed E-state index contributed by atoms with van der Waals surface area (Å²) in [5.74, 6) is 1.18. The topological polar surface area (TPSA) is 114 Å². The van der Waals surface area contributed by atoms with Crippen LogP contribution in [-0.4, -0.2) is 58.9 Å². The lowest BCUT2D eigenvalue weighted by atomic mass is 9.76. The number of likely N-dealkylation sites (tertiary alicyclic amines) is 1. The van der Waals surface area contributed by atoms with Crippen LogP contribution in [0.2, 0.25) is 10.0 Å². The van der Waals surface area contributed by atoms with Crippen molar-refractivity contribution in [1.82, 2.24) is 20.5 Å². The van der Waals surface area contributed by atoms with Crippen LogP contribution in [0, 0.1) is 5.92 Å². The molecule has 4 fully saturated rings. The number of fused-ring (bicyclic) bond motifs is 1. The van der Waals surface area contributed by atoms with Gasteiger partial charge in [-0.05, 0) is 50.2 Å². The Morgan fingerprint density at radius 2 is 1.92 bits per heavy atom. The number of oxazole rings is 1. The number of halogens is 2. The lowest BCUT2D eigenvalue weighted by Gasteiger charge is -2.38. The number of nitrogens with one attached hydrogen (secondary N) is 2. The fourth-order valence-corrected chi connectivity index (χ4v) is 5.88. The summed E-state index contributed by atoms with van der Waals surface area (Å²) >= 11 is 11.9. The third-order valence-electron chi connectivity index (χ3n) is 7.51. The summed E-state index contributed by atoms with van der Waals surface area (Å²) in [4.78, 5) is 43.0. The number of carbonyl (C=O) groups excluding carboxylic acids is 3. The van der Waals surface area contributed by atoms with Gasteiger partial charge < -0.3 is 24.7 Å². The Morgan fingerprint density at radius 3 is 2.61 bits per heavy atom. The minimum atomic E-state index is -0.343. The molecule has 3 saturated carbocycles. The zero-order valence-corrected chi connectivity index (χ0v) is 21.4. The molecule has 2 bridgehead atoms. The molecule has 2 N–H and O–H groups in total. The number of ether oxygens (including phenoxy) is 1. The first-order valence-electron chi connectivity index (χ1n) is 12.1.